The summed E-state index contributed by atoms with van der Waals surface area (Å²) < 4.78 is 14.6. The molecule has 18 heavy (non-hydrogen) atoms. The van der Waals surface area contributed by atoms with E-state index in [1.807, 2.05) is 11.4 Å². The standard InChI is InChI=1S/C12H9BrFNO2S/c13-8-4-9(18-6-8)5-15-11-2-1-7(12(16)17)3-10(11)14/h1-4,6,15H,5H2,(H,16,17). The van der Waals surface area contributed by atoms with Crippen molar-refractivity contribution < 1.29 is 14.3 Å². The first kappa shape index (κ1) is 13.0. The van der Waals surface area contributed by atoms with Crippen molar-refractivity contribution in [3.63, 3.8) is 0 Å². The third-order valence-electron chi connectivity index (χ3n) is 2.29. The van der Waals surface area contributed by atoms with Gasteiger partial charge in [-0.1, -0.05) is 0 Å². The second-order valence-corrected chi connectivity index (χ2v) is 5.50. The summed E-state index contributed by atoms with van der Waals surface area (Å²) in [5, 5.41) is 13.6. The number of nitrogens with one attached hydrogen (secondary N) is 1. The molecule has 0 fully saturated rings. The highest BCUT2D eigenvalue weighted by Gasteiger charge is 2.08. The maximum atomic E-state index is 13.6. The molecule has 0 amide bonds. The fraction of sp³-hybridized carbons (Fsp3) is 0.0833. The highest BCUT2D eigenvalue weighted by atomic mass is 79.9. The van der Waals surface area contributed by atoms with Gasteiger partial charge in [-0.15, -0.1) is 11.3 Å². The van der Waals surface area contributed by atoms with Crippen LogP contribution in [0.15, 0.2) is 34.1 Å². The topological polar surface area (TPSA) is 49.3 Å². The minimum atomic E-state index is -1.14. The van der Waals surface area contributed by atoms with Crippen molar-refractivity contribution >= 4 is 38.9 Å². The van der Waals surface area contributed by atoms with E-state index in [4.69, 9.17) is 5.11 Å². The van der Waals surface area contributed by atoms with Gasteiger partial charge in [-0.25, -0.2) is 9.18 Å². The lowest BCUT2D eigenvalue weighted by Gasteiger charge is -2.06. The van der Waals surface area contributed by atoms with Gasteiger partial charge in [0.1, 0.15) is 5.82 Å². The third-order valence-corrected chi connectivity index (χ3v) is 3.99. The SMILES string of the molecule is O=C(O)c1ccc(NCc2cc(Br)cs2)c(F)c1. The number of halogens is 2. The smallest absolute Gasteiger partial charge is 0.335 e. The number of benzene rings is 1. The number of anilines is 1. The van der Waals surface area contributed by atoms with Crippen molar-refractivity contribution in [1.82, 2.24) is 0 Å². The lowest BCUT2D eigenvalue weighted by Crippen LogP contribution is -2.02. The van der Waals surface area contributed by atoms with E-state index in [1.54, 1.807) is 11.3 Å². The van der Waals surface area contributed by atoms with Gasteiger partial charge < -0.3 is 10.4 Å². The van der Waals surface area contributed by atoms with Crippen molar-refractivity contribution in [3.05, 3.63) is 50.4 Å². The Balaban J connectivity index is 2.08. The van der Waals surface area contributed by atoms with Gasteiger partial charge in [-0.05, 0) is 40.2 Å². The van der Waals surface area contributed by atoms with Crippen molar-refractivity contribution in [2.75, 3.05) is 5.32 Å². The van der Waals surface area contributed by atoms with Gasteiger partial charge in [0.15, 0.2) is 0 Å². The fourth-order valence-corrected chi connectivity index (χ4v) is 2.81. The Morgan fingerprint density at radius 1 is 1.44 bits per heavy atom. The van der Waals surface area contributed by atoms with Crippen LogP contribution >= 0.6 is 27.3 Å². The molecule has 2 aromatic rings. The van der Waals surface area contributed by atoms with Crippen molar-refractivity contribution in [2.45, 2.75) is 6.54 Å². The van der Waals surface area contributed by atoms with Crippen LogP contribution in [0.2, 0.25) is 0 Å². The molecule has 0 aliphatic heterocycles. The maximum Gasteiger partial charge on any atom is 0.335 e. The highest BCUT2D eigenvalue weighted by Crippen LogP contribution is 2.22. The number of carboxylic acid groups (broad SMARTS) is 1. The Morgan fingerprint density at radius 3 is 2.78 bits per heavy atom. The summed E-state index contributed by atoms with van der Waals surface area (Å²) in [5.74, 6) is -1.70. The zero-order valence-electron chi connectivity index (χ0n) is 9.11. The molecular formula is C12H9BrFNO2S. The first-order valence-electron chi connectivity index (χ1n) is 5.06. The van der Waals surface area contributed by atoms with E-state index >= 15 is 0 Å². The number of aromatic carboxylic acids is 1. The van der Waals surface area contributed by atoms with Crippen LogP contribution in [0.5, 0.6) is 0 Å². The number of rotatable bonds is 4. The van der Waals surface area contributed by atoms with Gasteiger partial charge in [0.2, 0.25) is 0 Å². The lowest BCUT2D eigenvalue weighted by molar-refractivity contribution is 0.0696. The van der Waals surface area contributed by atoms with E-state index in [2.05, 4.69) is 21.2 Å². The lowest BCUT2D eigenvalue weighted by atomic mass is 10.2. The summed E-state index contributed by atoms with van der Waals surface area (Å²) in [6.45, 7) is 0.500. The van der Waals surface area contributed by atoms with Gasteiger partial charge in [-0.3, -0.25) is 0 Å². The van der Waals surface area contributed by atoms with Crippen LogP contribution in [0.25, 0.3) is 0 Å². The quantitative estimate of drug-likeness (QED) is 0.892. The van der Waals surface area contributed by atoms with Crippen LogP contribution in [0.4, 0.5) is 10.1 Å². The van der Waals surface area contributed by atoms with E-state index < -0.39 is 11.8 Å². The number of carbonyl (C=O) groups is 1. The molecule has 94 valence electrons. The van der Waals surface area contributed by atoms with E-state index in [-0.39, 0.29) is 5.56 Å². The van der Waals surface area contributed by atoms with E-state index in [1.165, 1.54) is 12.1 Å². The molecule has 0 radical (unpaired) electrons. The first-order chi connectivity index (χ1) is 8.56. The Bertz CT molecular complexity index is 585. The summed E-state index contributed by atoms with van der Waals surface area (Å²) in [4.78, 5) is 11.7. The molecule has 0 unspecified atom stereocenters. The zero-order chi connectivity index (χ0) is 13.1. The molecule has 0 aliphatic carbocycles. The number of hydrogen-bond donors (Lipinski definition) is 2. The summed E-state index contributed by atoms with van der Waals surface area (Å²) in [6.07, 6.45) is 0. The zero-order valence-corrected chi connectivity index (χ0v) is 11.5. The monoisotopic (exact) mass is 329 g/mol. The number of thiophene rings is 1. The summed E-state index contributed by atoms with van der Waals surface area (Å²) >= 11 is 4.90. The van der Waals surface area contributed by atoms with Crippen LogP contribution < -0.4 is 5.32 Å². The molecule has 0 saturated heterocycles. The normalized spacial score (nSPS) is 10.3. The molecule has 1 aromatic carbocycles. The van der Waals surface area contributed by atoms with Gasteiger partial charge in [0.05, 0.1) is 11.3 Å². The second kappa shape index (κ2) is 5.49. The van der Waals surface area contributed by atoms with Crippen molar-refractivity contribution in [1.29, 1.82) is 0 Å². The molecule has 2 N–H and O–H groups in total. The Hall–Kier alpha value is -1.40. The predicted octanol–water partition coefficient (Wildman–Crippen LogP) is 3.96. The molecule has 0 spiro atoms. The molecule has 0 atom stereocenters. The fourth-order valence-electron chi connectivity index (χ4n) is 1.42. The minimum Gasteiger partial charge on any atom is -0.478 e. The predicted molar refractivity (Wildman–Crippen MR) is 72.7 cm³/mol. The van der Waals surface area contributed by atoms with Crippen LogP contribution in [0.1, 0.15) is 15.2 Å². The van der Waals surface area contributed by atoms with Gasteiger partial charge in [-0.2, -0.15) is 0 Å². The van der Waals surface area contributed by atoms with Crippen molar-refractivity contribution in [2.24, 2.45) is 0 Å². The minimum absolute atomic E-state index is 0.0584. The van der Waals surface area contributed by atoms with E-state index in [0.29, 0.717) is 12.2 Å². The van der Waals surface area contributed by atoms with Gasteiger partial charge >= 0.3 is 5.97 Å². The second-order valence-electron chi connectivity index (χ2n) is 3.58. The molecule has 1 aromatic heterocycles. The maximum absolute atomic E-state index is 13.6. The van der Waals surface area contributed by atoms with Crippen LogP contribution in [0, 0.1) is 5.82 Å². The molecular weight excluding hydrogens is 321 g/mol. The third kappa shape index (κ3) is 3.08. The average Bonchev–Trinajstić information content (AvgIpc) is 2.73. The van der Waals surface area contributed by atoms with E-state index in [9.17, 15) is 9.18 Å². The van der Waals surface area contributed by atoms with Gasteiger partial charge in [0.25, 0.3) is 0 Å². The van der Waals surface area contributed by atoms with Gasteiger partial charge in [0, 0.05) is 21.3 Å². The number of carboxylic acids is 1. The molecule has 0 aliphatic rings. The molecule has 0 bridgehead atoms. The Morgan fingerprint density at radius 2 is 2.22 bits per heavy atom. The highest BCUT2D eigenvalue weighted by molar-refractivity contribution is 9.10. The molecule has 6 heteroatoms. The van der Waals surface area contributed by atoms with Crippen molar-refractivity contribution in [3.8, 4) is 0 Å². The van der Waals surface area contributed by atoms with Crippen LogP contribution in [0.3, 0.4) is 0 Å². The van der Waals surface area contributed by atoms with Crippen LogP contribution in [-0.2, 0) is 6.54 Å². The average molecular weight is 330 g/mol. The molecule has 3 nitrogen and oxygen atoms in total. The summed E-state index contributed by atoms with van der Waals surface area (Å²) in [5.41, 5.74) is 0.237. The molecule has 0 saturated carbocycles. The van der Waals surface area contributed by atoms with E-state index in [0.717, 1.165) is 15.4 Å². The van der Waals surface area contributed by atoms with Crippen LogP contribution in [-0.4, -0.2) is 11.1 Å². The Kier molecular flexibility index (Phi) is 3.98. The largest absolute Gasteiger partial charge is 0.478 e. The number of hydrogen-bond acceptors (Lipinski definition) is 3. The molecule has 1 heterocycles. The Labute approximate surface area is 115 Å². The summed E-state index contributed by atoms with van der Waals surface area (Å²) in [7, 11) is 0. The summed E-state index contributed by atoms with van der Waals surface area (Å²) in [6, 6.07) is 5.76. The molecule has 2 rings (SSSR count). The first-order valence-corrected chi connectivity index (χ1v) is 6.73.